The molecule has 0 aliphatic rings. The lowest BCUT2D eigenvalue weighted by Gasteiger charge is -2.10. The second-order valence-corrected chi connectivity index (χ2v) is 6.79. The predicted molar refractivity (Wildman–Crippen MR) is 108 cm³/mol. The van der Waals surface area contributed by atoms with Gasteiger partial charge in [-0.2, -0.15) is 18.4 Å². The number of halogens is 4. The van der Waals surface area contributed by atoms with Crippen LogP contribution in [-0.4, -0.2) is 5.91 Å². The second-order valence-electron chi connectivity index (χ2n) is 6.38. The average molecular weight is 431 g/mol. The van der Waals surface area contributed by atoms with Crippen LogP contribution in [0.3, 0.4) is 0 Å². The third kappa shape index (κ3) is 4.91. The largest absolute Gasteiger partial charge is 0.457 e. The zero-order chi connectivity index (χ0) is 21.9. The monoisotopic (exact) mass is 430 g/mol. The molecular formula is C22H14ClF3N2O2. The van der Waals surface area contributed by atoms with Crippen LogP contribution in [0.2, 0.25) is 5.02 Å². The Morgan fingerprint density at radius 3 is 2.43 bits per heavy atom. The highest BCUT2D eigenvalue weighted by Gasteiger charge is 2.33. The number of alkyl halides is 3. The summed E-state index contributed by atoms with van der Waals surface area (Å²) in [7, 11) is 0. The van der Waals surface area contributed by atoms with Gasteiger partial charge in [-0.15, -0.1) is 0 Å². The molecule has 4 nitrogen and oxygen atoms in total. The highest BCUT2D eigenvalue weighted by molar-refractivity contribution is 6.31. The number of nitriles is 1. The van der Waals surface area contributed by atoms with E-state index in [1.54, 1.807) is 18.2 Å². The molecule has 8 heteroatoms. The fourth-order valence-electron chi connectivity index (χ4n) is 2.62. The van der Waals surface area contributed by atoms with Crippen LogP contribution >= 0.6 is 11.6 Å². The fraction of sp³-hybridized carbons (Fsp3) is 0.0909. The van der Waals surface area contributed by atoms with Crippen molar-refractivity contribution in [3.8, 4) is 17.4 Å². The van der Waals surface area contributed by atoms with Gasteiger partial charge in [0.15, 0.2) is 0 Å². The number of nitrogens with zero attached hydrogens (tertiary/aromatic N) is 1. The molecule has 0 fully saturated rings. The van der Waals surface area contributed by atoms with Crippen LogP contribution in [0.15, 0.2) is 64.6 Å². The van der Waals surface area contributed by atoms with Gasteiger partial charge in [0.1, 0.15) is 23.2 Å². The van der Waals surface area contributed by atoms with Gasteiger partial charge >= 0.3 is 6.18 Å². The molecule has 3 aromatic rings. The highest BCUT2D eigenvalue weighted by Crippen LogP contribution is 2.36. The average Bonchev–Trinajstić information content (AvgIpc) is 3.14. The van der Waals surface area contributed by atoms with Crippen molar-refractivity contribution in [2.24, 2.45) is 0 Å². The smallest absolute Gasteiger partial charge is 0.417 e. The van der Waals surface area contributed by atoms with Gasteiger partial charge in [0, 0.05) is 17.3 Å². The minimum atomic E-state index is -4.61. The lowest BCUT2D eigenvalue weighted by Crippen LogP contribution is -2.14. The summed E-state index contributed by atoms with van der Waals surface area (Å²) in [6.07, 6.45) is -3.36. The van der Waals surface area contributed by atoms with E-state index < -0.39 is 22.7 Å². The number of rotatable bonds is 4. The van der Waals surface area contributed by atoms with E-state index in [9.17, 15) is 23.2 Å². The van der Waals surface area contributed by atoms with E-state index in [0.717, 1.165) is 29.3 Å². The Kier molecular flexibility index (Phi) is 5.99. The Hall–Kier alpha value is -3.50. The Morgan fingerprint density at radius 1 is 1.13 bits per heavy atom. The molecule has 1 aromatic heterocycles. The number of amides is 1. The van der Waals surface area contributed by atoms with Crippen LogP contribution in [-0.2, 0) is 11.0 Å². The first-order chi connectivity index (χ1) is 14.2. The van der Waals surface area contributed by atoms with E-state index in [1.807, 2.05) is 31.2 Å². The fourth-order valence-corrected chi connectivity index (χ4v) is 2.90. The van der Waals surface area contributed by atoms with Gasteiger partial charge in [-0.05, 0) is 37.3 Å². The first-order valence-electron chi connectivity index (χ1n) is 8.64. The maximum atomic E-state index is 12.8. The molecule has 30 heavy (non-hydrogen) atoms. The number of carbonyl (C=O) groups is 1. The summed E-state index contributed by atoms with van der Waals surface area (Å²) in [5.41, 5.74) is 0.659. The Bertz CT molecular complexity index is 1160. The van der Waals surface area contributed by atoms with Gasteiger partial charge in [0.25, 0.3) is 5.91 Å². The van der Waals surface area contributed by atoms with Crippen molar-refractivity contribution in [2.75, 3.05) is 5.32 Å². The molecule has 1 amide bonds. The molecule has 2 aromatic carbocycles. The normalized spacial score (nSPS) is 11.8. The molecule has 0 bridgehead atoms. The SMILES string of the molecule is Cc1ccc(-c2ccc(/C=C(\C#N)C(=O)Nc3ccc(C(F)(F)F)c(Cl)c3)o2)cc1. The van der Waals surface area contributed by atoms with E-state index in [0.29, 0.717) is 5.76 Å². The van der Waals surface area contributed by atoms with Crippen LogP contribution in [0, 0.1) is 18.3 Å². The third-order valence-corrected chi connectivity index (χ3v) is 4.46. The first kappa shape index (κ1) is 21.2. The zero-order valence-electron chi connectivity index (χ0n) is 15.5. The zero-order valence-corrected chi connectivity index (χ0v) is 16.3. The summed E-state index contributed by atoms with van der Waals surface area (Å²) in [4.78, 5) is 12.3. The van der Waals surface area contributed by atoms with Crippen molar-refractivity contribution in [1.82, 2.24) is 0 Å². The summed E-state index contributed by atoms with van der Waals surface area (Å²) in [6.45, 7) is 1.96. The quantitative estimate of drug-likeness (QED) is 0.381. The molecule has 0 atom stereocenters. The van der Waals surface area contributed by atoms with Gasteiger partial charge in [-0.3, -0.25) is 4.79 Å². The van der Waals surface area contributed by atoms with Crippen molar-refractivity contribution in [3.05, 3.63) is 82.1 Å². The first-order valence-corrected chi connectivity index (χ1v) is 9.02. The number of anilines is 1. The molecule has 0 unspecified atom stereocenters. The molecule has 1 N–H and O–H groups in total. The van der Waals surface area contributed by atoms with Gasteiger partial charge in [0.05, 0.1) is 10.6 Å². The molecule has 3 rings (SSSR count). The molecule has 0 saturated carbocycles. The lowest BCUT2D eigenvalue weighted by molar-refractivity contribution is -0.137. The molecule has 0 aliphatic heterocycles. The summed E-state index contributed by atoms with van der Waals surface area (Å²) in [5, 5.41) is 11.1. The maximum Gasteiger partial charge on any atom is 0.417 e. The number of hydrogen-bond donors (Lipinski definition) is 1. The number of hydrogen-bond acceptors (Lipinski definition) is 3. The number of benzene rings is 2. The van der Waals surface area contributed by atoms with Crippen LogP contribution in [0.5, 0.6) is 0 Å². The van der Waals surface area contributed by atoms with Crippen LogP contribution in [0.4, 0.5) is 18.9 Å². The van der Waals surface area contributed by atoms with Gasteiger partial charge in [-0.25, -0.2) is 0 Å². The van der Waals surface area contributed by atoms with Crippen molar-refractivity contribution in [3.63, 3.8) is 0 Å². The van der Waals surface area contributed by atoms with E-state index in [1.165, 1.54) is 6.08 Å². The molecule has 152 valence electrons. The highest BCUT2D eigenvalue weighted by atomic mass is 35.5. The minimum absolute atomic E-state index is 0.0268. The molecule has 1 heterocycles. The number of aryl methyl sites for hydroxylation is 1. The van der Waals surface area contributed by atoms with Gasteiger partial charge in [-0.1, -0.05) is 41.4 Å². The Morgan fingerprint density at radius 2 is 1.83 bits per heavy atom. The van der Waals surface area contributed by atoms with Crippen molar-refractivity contribution >= 4 is 29.3 Å². The summed E-state index contributed by atoms with van der Waals surface area (Å²) in [6, 6.07) is 15.5. The van der Waals surface area contributed by atoms with E-state index in [-0.39, 0.29) is 17.0 Å². The standard InChI is InChI=1S/C22H14ClF3N2O2/c1-13-2-4-14(5-3-13)20-9-7-17(30-20)10-15(12-27)21(29)28-16-6-8-18(19(23)11-16)22(24,25)26/h2-11H,1H3,(H,28,29)/b15-10+. The molecular weight excluding hydrogens is 417 g/mol. The molecule has 0 radical (unpaired) electrons. The van der Waals surface area contributed by atoms with Crippen LogP contribution in [0.25, 0.3) is 17.4 Å². The van der Waals surface area contributed by atoms with E-state index >= 15 is 0 Å². The van der Waals surface area contributed by atoms with Gasteiger partial charge in [0.2, 0.25) is 0 Å². The second kappa shape index (κ2) is 8.47. The van der Waals surface area contributed by atoms with Crippen LogP contribution in [0.1, 0.15) is 16.9 Å². The predicted octanol–water partition coefficient (Wildman–Crippen LogP) is 6.47. The minimum Gasteiger partial charge on any atom is -0.457 e. The number of carbonyl (C=O) groups excluding carboxylic acids is 1. The summed E-state index contributed by atoms with van der Waals surface area (Å²) >= 11 is 5.65. The lowest BCUT2D eigenvalue weighted by atomic mass is 10.1. The van der Waals surface area contributed by atoms with Crippen molar-refractivity contribution in [1.29, 1.82) is 5.26 Å². The molecule has 0 aliphatic carbocycles. The maximum absolute atomic E-state index is 12.8. The number of nitrogens with one attached hydrogen (secondary N) is 1. The summed E-state index contributed by atoms with van der Waals surface area (Å²) in [5.74, 6) is 0.0396. The number of furan rings is 1. The van der Waals surface area contributed by atoms with E-state index in [2.05, 4.69) is 5.32 Å². The third-order valence-electron chi connectivity index (χ3n) is 4.15. The van der Waals surface area contributed by atoms with E-state index in [4.69, 9.17) is 16.0 Å². The summed E-state index contributed by atoms with van der Waals surface area (Å²) < 4.78 is 44.0. The van der Waals surface area contributed by atoms with Crippen molar-refractivity contribution in [2.45, 2.75) is 13.1 Å². The Balaban J connectivity index is 1.78. The van der Waals surface area contributed by atoms with Crippen LogP contribution < -0.4 is 5.32 Å². The van der Waals surface area contributed by atoms with Crippen molar-refractivity contribution < 1.29 is 22.4 Å². The Labute approximate surface area is 175 Å². The topological polar surface area (TPSA) is 66.0 Å². The molecule has 0 saturated heterocycles. The molecule has 0 spiro atoms. The van der Waals surface area contributed by atoms with Gasteiger partial charge < -0.3 is 9.73 Å².